The number of nitrogens with zero attached hydrogens (tertiary/aromatic N) is 3. The van der Waals surface area contributed by atoms with Crippen molar-refractivity contribution in [2.75, 3.05) is 10.6 Å². The van der Waals surface area contributed by atoms with Crippen molar-refractivity contribution in [3.8, 4) is 6.07 Å². The Morgan fingerprint density at radius 2 is 1.89 bits per heavy atom. The molecule has 11 heteroatoms. The summed E-state index contributed by atoms with van der Waals surface area (Å²) in [5, 5.41) is 18.6. The standard InChI is InChI=1S/C27H20Cl2N8S/c1-14-2-4-17(8-20(14)28)34-25-16(10-30)11-31-27-19(25)7-18(9-21(27)29)35-26(23-12-33-37-36-23)15-3-5-22-24(6-15)38-13-32-22/h2-9,11-13,26,33,35-37H,1H3,(H,31,34)/t26-/m0/s1. The minimum atomic E-state index is -0.239. The zero-order valence-corrected chi connectivity index (χ0v) is 22.3. The summed E-state index contributed by atoms with van der Waals surface area (Å²) in [5.41, 5.74) is 17.8. The number of thiazole rings is 1. The van der Waals surface area contributed by atoms with Crippen LogP contribution in [0.5, 0.6) is 0 Å². The molecule has 0 aliphatic carbocycles. The maximum atomic E-state index is 9.86. The van der Waals surface area contributed by atoms with E-state index in [-0.39, 0.29) is 6.04 Å². The lowest BCUT2D eigenvalue weighted by molar-refractivity contribution is 0.583. The van der Waals surface area contributed by atoms with E-state index in [0.717, 1.165) is 38.4 Å². The molecule has 0 saturated carbocycles. The first-order valence-electron chi connectivity index (χ1n) is 11.6. The Labute approximate surface area is 232 Å². The van der Waals surface area contributed by atoms with Gasteiger partial charge in [-0.3, -0.25) is 4.98 Å². The Morgan fingerprint density at radius 3 is 2.68 bits per heavy atom. The molecule has 3 heterocycles. The second kappa shape index (κ2) is 10.0. The Hall–Kier alpha value is -4.07. The van der Waals surface area contributed by atoms with Crippen LogP contribution in [0.15, 0.2) is 72.1 Å². The van der Waals surface area contributed by atoms with Crippen molar-refractivity contribution < 1.29 is 0 Å². The predicted octanol–water partition coefficient (Wildman–Crippen LogP) is 6.68. The maximum absolute atomic E-state index is 9.86. The summed E-state index contributed by atoms with van der Waals surface area (Å²) >= 11 is 14.7. The first-order chi connectivity index (χ1) is 18.5. The molecule has 1 aliphatic heterocycles. The van der Waals surface area contributed by atoms with Crippen molar-refractivity contribution in [2.45, 2.75) is 13.0 Å². The molecular weight excluding hydrogens is 539 g/mol. The van der Waals surface area contributed by atoms with Gasteiger partial charge in [0.1, 0.15) is 6.07 Å². The monoisotopic (exact) mass is 558 g/mol. The first kappa shape index (κ1) is 24.3. The van der Waals surface area contributed by atoms with Crippen LogP contribution in [0, 0.1) is 18.3 Å². The third-order valence-electron chi connectivity index (χ3n) is 6.30. The molecule has 0 radical (unpaired) electrons. The molecule has 0 unspecified atom stereocenters. The fraction of sp³-hybridized carbons (Fsp3) is 0.0741. The van der Waals surface area contributed by atoms with Crippen molar-refractivity contribution >= 4 is 72.7 Å². The van der Waals surface area contributed by atoms with Crippen LogP contribution < -0.4 is 27.0 Å². The number of benzene rings is 3. The molecule has 1 aliphatic rings. The molecule has 0 saturated heterocycles. The fourth-order valence-electron chi connectivity index (χ4n) is 4.35. The molecule has 0 bridgehead atoms. The van der Waals surface area contributed by atoms with Crippen molar-refractivity contribution in [2.24, 2.45) is 0 Å². The SMILES string of the molecule is Cc1ccc(Nc2c(C#N)cnc3c(Cl)cc(N[C@H](C4=CNNN4)c4ccc5ncsc5c4)cc23)cc1Cl. The van der Waals surface area contributed by atoms with Crippen molar-refractivity contribution in [1.29, 1.82) is 5.26 Å². The fourth-order valence-corrected chi connectivity index (χ4v) is 5.52. The summed E-state index contributed by atoms with van der Waals surface area (Å²) < 4.78 is 1.09. The molecule has 38 heavy (non-hydrogen) atoms. The summed E-state index contributed by atoms with van der Waals surface area (Å²) in [6, 6.07) is 17.6. The van der Waals surface area contributed by atoms with Gasteiger partial charge in [0.15, 0.2) is 0 Å². The molecule has 3 aromatic carbocycles. The number of aryl methyl sites for hydroxylation is 1. The van der Waals surface area contributed by atoms with Gasteiger partial charge in [0.05, 0.1) is 49.3 Å². The highest BCUT2D eigenvalue weighted by Crippen LogP contribution is 2.37. The van der Waals surface area contributed by atoms with Crippen LogP contribution in [-0.2, 0) is 0 Å². The number of anilines is 3. The van der Waals surface area contributed by atoms with Gasteiger partial charge in [-0.05, 0) is 54.4 Å². The van der Waals surface area contributed by atoms with Gasteiger partial charge >= 0.3 is 0 Å². The summed E-state index contributed by atoms with van der Waals surface area (Å²) in [7, 11) is 0. The van der Waals surface area contributed by atoms with Crippen molar-refractivity contribution in [3.05, 3.63) is 98.9 Å². The lowest BCUT2D eigenvalue weighted by atomic mass is 10.0. The van der Waals surface area contributed by atoms with Gasteiger partial charge in [-0.1, -0.05) is 35.3 Å². The summed E-state index contributed by atoms with van der Waals surface area (Å²) in [6.07, 6.45) is 3.39. The third-order valence-corrected chi connectivity index (χ3v) is 7.79. The second-order valence-corrected chi connectivity index (χ2v) is 10.5. The lowest BCUT2D eigenvalue weighted by Gasteiger charge is -2.22. The predicted molar refractivity (Wildman–Crippen MR) is 154 cm³/mol. The Bertz CT molecular complexity index is 1780. The van der Waals surface area contributed by atoms with E-state index in [0.29, 0.717) is 32.2 Å². The van der Waals surface area contributed by atoms with E-state index >= 15 is 0 Å². The van der Waals surface area contributed by atoms with Crippen LogP contribution in [0.3, 0.4) is 0 Å². The van der Waals surface area contributed by atoms with E-state index < -0.39 is 0 Å². The molecule has 5 aromatic rings. The average molecular weight is 559 g/mol. The number of hydrogen-bond acceptors (Lipinski definition) is 9. The van der Waals surface area contributed by atoms with E-state index in [1.165, 1.54) is 6.20 Å². The number of aromatic nitrogens is 2. The maximum Gasteiger partial charge on any atom is 0.103 e. The highest BCUT2D eigenvalue weighted by atomic mass is 35.5. The minimum Gasteiger partial charge on any atom is -0.373 e. The molecule has 2 aromatic heterocycles. The smallest absolute Gasteiger partial charge is 0.103 e. The Balaban J connectivity index is 1.44. The van der Waals surface area contributed by atoms with Crippen LogP contribution in [0.1, 0.15) is 22.7 Å². The number of nitriles is 1. The molecule has 188 valence electrons. The largest absolute Gasteiger partial charge is 0.373 e. The topological polar surface area (TPSA) is 110 Å². The summed E-state index contributed by atoms with van der Waals surface area (Å²) in [6.45, 7) is 1.94. The number of fused-ring (bicyclic) bond motifs is 2. The third kappa shape index (κ3) is 4.55. The van der Waals surface area contributed by atoms with E-state index in [4.69, 9.17) is 23.2 Å². The van der Waals surface area contributed by atoms with Gasteiger partial charge < -0.3 is 21.5 Å². The second-order valence-electron chi connectivity index (χ2n) is 8.75. The van der Waals surface area contributed by atoms with Gasteiger partial charge in [-0.15, -0.1) is 11.3 Å². The van der Waals surface area contributed by atoms with Crippen LogP contribution in [0.4, 0.5) is 17.1 Å². The Morgan fingerprint density at radius 1 is 1.03 bits per heavy atom. The normalized spacial score (nSPS) is 13.5. The van der Waals surface area contributed by atoms with Gasteiger partial charge in [-0.2, -0.15) is 10.8 Å². The number of rotatable bonds is 6. The van der Waals surface area contributed by atoms with Crippen LogP contribution in [0.2, 0.25) is 10.0 Å². The number of hydrazine groups is 2. The van der Waals surface area contributed by atoms with Crippen LogP contribution >= 0.6 is 34.5 Å². The number of hydrogen-bond donors (Lipinski definition) is 5. The summed E-state index contributed by atoms with van der Waals surface area (Å²) in [5.74, 6) is 0. The van der Waals surface area contributed by atoms with E-state index in [1.807, 2.05) is 61.1 Å². The molecule has 0 amide bonds. The van der Waals surface area contributed by atoms with Gasteiger partial charge in [-0.25, -0.2) is 4.98 Å². The van der Waals surface area contributed by atoms with E-state index in [2.05, 4.69) is 49.1 Å². The lowest BCUT2D eigenvalue weighted by Crippen LogP contribution is -2.33. The molecule has 0 spiro atoms. The zero-order valence-electron chi connectivity index (χ0n) is 19.9. The van der Waals surface area contributed by atoms with Crippen LogP contribution in [0.25, 0.3) is 21.1 Å². The number of halogens is 2. The Kier molecular flexibility index (Phi) is 6.39. The summed E-state index contributed by atoms with van der Waals surface area (Å²) in [4.78, 5) is 8.87. The van der Waals surface area contributed by atoms with E-state index in [1.54, 1.807) is 11.3 Å². The molecule has 0 fully saturated rings. The first-order valence-corrected chi connectivity index (χ1v) is 13.3. The van der Waals surface area contributed by atoms with Crippen molar-refractivity contribution in [3.63, 3.8) is 0 Å². The quantitative estimate of drug-likeness (QED) is 0.157. The molecular formula is C27H20Cl2N8S. The highest BCUT2D eigenvalue weighted by Gasteiger charge is 2.22. The molecule has 8 nitrogen and oxygen atoms in total. The van der Waals surface area contributed by atoms with Gasteiger partial charge in [0.2, 0.25) is 0 Å². The van der Waals surface area contributed by atoms with Gasteiger partial charge in [0.25, 0.3) is 0 Å². The van der Waals surface area contributed by atoms with Crippen LogP contribution in [-0.4, -0.2) is 9.97 Å². The molecule has 6 rings (SSSR count). The van der Waals surface area contributed by atoms with E-state index in [9.17, 15) is 5.26 Å². The van der Waals surface area contributed by atoms with Crippen molar-refractivity contribution in [1.82, 2.24) is 26.4 Å². The average Bonchev–Trinajstić information content (AvgIpc) is 3.62. The number of nitrogens with one attached hydrogen (secondary N) is 5. The van der Waals surface area contributed by atoms with Gasteiger partial charge in [0, 0.05) is 34.2 Å². The molecule has 5 N–H and O–H groups in total. The highest BCUT2D eigenvalue weighted by molar-refractivity contribution is 7.16. The molecule has 1 atom stereocenters. The zero-order chi connectivity index (χ0) is 26.2. The number of pyridine rings is 1. The minimum absolute atomic E-state index is 0.239.